The number of halogens is 2. The molecule has 2 heterocycles. The van der Waals surface area contributed by atoms with Crippen LogP contribution in [-0.2, 0) is 6.54 Å². The van der Waals surface area contributed by atoms with E-state index in [1.54, 1.807) is 12.1 Å². The molecule has 150 valence electrons. The van der Waals surface area contributed by atoms with Gasteiger partial charge in [-0.3, -0.25) is 9.59 Å². The SMILES string of the molecule is CC1CNCCC1NC(=O)c1nccnc1C(=O)NCc1ccc(F)cc1.Cl. The van der Waals surface area contributed by atoms with Gasteiger partial charge in [0.25, 0.3) is 11.8 Å². The lowest BCUT2D eigenvalue weighted by Gasteiger charge is -2.30. The minimum absolute atomic E-state index is 0. The molecule has 1 fully saturated rings. The Morgan fingerprint density at radius 1 is 1.14 bits per heavy atom. The highest BCUT2D eigenvalue weighted by Gasteiger charge is 2.26. The first-order chi connectivity index (χ1) is 13.0. The Balaban J connectivity index is 0.00000280. The molecule has 1 saturated heterocycles. The number of carbonyl (C=O) groups excluding carboxylic acids is 2. The number of rotatable bonds is 5. The molecule has 0 bridgehead atoms. The van der Waals surface area contributed by atoms with Crippen LogP contribution < -0.4 is 16.0 Å². The van der Waals surface area contributed by atoms with Gasteiger partial charge in [-0.05, 0) is 43.1 Å². The van der Waals surface area contributed by atoms with Crippen LogP contribution in [-0.4, -0.2) is 40.9 Å². The van der Waals surface area contributed by atoms with Crippen LogP contribution >= 0.6 is 12.4 Å². The molecular formula is C19H23ClFN5O2. The van der Waals surface area contributed by atoms with Gasteiger partial charge in [-0.25, -0.2) is 14.4 Å². The second kappa shape index (κ2) is 10.1. The number of piperidine rings is 1. The highest BCUT2D eigenvalue weighted by atomic mass is 35.5. The molecule has 2 atom stereocenters. The van der Waals surface area contributed by atoms with E-state index >= 15 is 0 Å². The molecule has 1 aliphatic rings. The van der Waals surface area contributed by atoms with Gasteiger partial charge in [0.1, 0.15) is 5.82 Å². The van der Waals surface area contributed by atoms with Gasteiger partial charge in [0.15, 0.2) is 11.4 Å². The number of nitrogens with zero attached hydrogens (tertiary/aromatic N) is 2. The van der Waals surface area contributed by atoms with E-state index in [-0.39, 0.29) is 48.1 Å². The van der Waals surface area contributed by atoms with Crippen molar-refractivity contribution in [3.63, 3.8) is 0 Å². The summed E-state index contributed by atoms with van der Waals surface area (Å²) in [5, 5.41) is 8.92. The van der Waals surface area contributed by atoms with Crippen LogP contribution in [0.4, 0.5) is 4.39 Å². The summed E-state index contributed by atoms with van der Waals surface area (Å²) in [4.78, 5) is 33.2. The topological polar surface area (TPSA) is 96.0 Å². The van der Waals surface area contributed by atoms with Gasteiger partial charge >= 0.3 is 0 Å². The molecule has 0 radical (unpaired) electrons. The predicted molar refractivity (Wildman–Crippen MR) is 105 cm³/mol. The Morgan fingerprint density at radius 3 is 2.43 bits per heavy atom. The maximum Gasteiger partial charge on any atom is 0.272 e. The molecule has 3 rings (SSSR count). The molecule has 9 heteroatoms. The lowest BCUT2D eigenvalue weighted by Crippen LogP contribution is -2.48. The van der Waals surface area contributed by atoms with Crippen LogP contribution in [0.1, 0.15) is 39.9 Å². The number of hydrogen-bond acceptors (Lipinski definition) is 5. The summed E-state index contributed by atoms with van der Waals surface area (Å²) in [6, 6.07) is 5.83. The molecule has 0 aliphatic carbocycles. The first-order valence-corrected chi connectivity index (χ1v) is 8.90. The maximum atomic E-state index is 13.0. The average Bonchev–Trinajstić information content (AvgIpc) is 2.69. The van der Waals surface area contributed by atoms with E-state index in [0.29, 0.717) is 0 Å². The van der Waals surface area contributed by atoms with Crippen LogP contribution in [0.15, 0.2) is 36.7 Å². The lowest BCUT2D eigenvalue weighted by molar-refractivity contribution is 0.0885. The zero-order valence-corrected chi connectivity index (χ0v) is 16.3. The van der Waals surface area contributed by atoms with Gasteiger partial charge < -0.3 is 16.0 Å². The molecule has 1 aromatic heterocycles. The number of nitrogens with one attached hydrogen (secondary N) is 3. The van der Waals surface area contributed by atoms with Crippen LogP contribution in [0, 0.1) is 11.7 Å². The second-order valence-corrected chi connectivity index (χ2v) is 6.61. The van der Waals surface area contributed by atoms with E-state index in [0.717, 1.165) is 25.1 Å². The van der Waals surface area contributed by atoms with Crippen LogP contribution in [0.5, 0.6) is 0 Å². The zero-order chi connectivity index (χ0) is 19.2. The van der Waals surface area contributed by atoms with Crippen molar-refractivity contribution in [2.75, 3.05) is 13.1 Å². The molecule has 2 unspecified atom stereocenters. The van der Waals surface area contributed by atoms with Crippen molar-refractivity contribution in [3.05, 3.63) is 59.4 Å². The van der Waals surface area contributed by atoms with Gasteiger partial charge in [-0.1, -0.05) is 19.1 Å². The zero-order valence-electron chi connectivity index (χ0n) is 15.4. The summed E-state index contributed by atoms with van der Waals surface area (Å²) in [7, 11) is 0. The summed E-state index contributed by atoms with van der Waals surface area (Å²) in [5.74, 6) is -0.968. The molecule has 2 aromatic rings. The Labute approximate surface area is 168 Å². The third-order valence-electron chi connectivity index (χ3n) is 4.60. The fourth-order valence-electron chi connectivity index (χ4n) is 3.00. The first kappa shape index (κ1) is 21.7. The van der Waals surface area contributed by atoms with Crippen molar-refractivity contribution in [2.45, 2.75) is 25.9 Å². The number of benzene rings is 1. The minimum atomic E-state index is -0.504. The molecule has 28 heavy (non-hydrogen) atoms. The van der Waals surface area contributed by atoms with Crippen LogP contribution in [0.25, 0.3) is 0 Å². The molecular weight excluding hydrogens is 385 g/mol. The monoisotopic (exact) mass is 407 g/mol. The van der Waals surface area contributed by atoms with Crippen LogP contribution in [0.2, 0.25) is 0 Å². The van der Waals surface area contributed by atoms with Gasteiger partial charge in [0.05, 0.1) is 0 Å². The fourth-order valence-corrected chi connectivity index (χ4v) is 3.00. The van der Waals surface area contributed by atoms with Gasteiger partial charge in [0, 0.05) is 25.0 Å². The van der Waals surface area contributed by atoms with Crippen molar-refractivity contribution >= 4 is 24.2 Å². The third kappa shape index (κ3) is 5.46. The van der Waals surface area contributed by atoms with Gasteiger partial charge in [0.2, 0.25) is 0 Å². The number of hydrogen-bond donors (Lipinski definition) is 3. The van der Waals surface area contributed by atoms with E-state index in [1.165, 1.54) is 24.5 Å². The Hall–Kier alpha value is -2.58. The number of aromatic nitrogens is 2. The lowest BCUT2D eigenvalue weighted by atomic mass is 9.95. The second-order valence-electron chi connectivity index (χ2n) is 6.61. The molecule has 1 aliphatic heterocycles. The van der Waals surface area contributed by atoms with Crippen molar-refractivity contribution < 1.29 is 14.0 Å². The maximum absolute atomic E-state index is 13.0. The molecule has 2 amide bonds. The molecule has 0 saturated carbocycles. The summed E-state index contributed by atoms with van der Waals surface area (Å²) in [6.07, 6.45) is 3.58. The van der Waals surface area contributed by atoms with E-state index in [2.05, 4.69) is 32.8 Å². The summed E-state index contributed by atoms with van der Waals surface area (Å²) in [6.45, 7) is 3.92. The third-order valence-corrected chi connectivity index (χ3v) is 4.60. The summed E-state index contributed by atoms with van der Waals surface area (Å²) < 4.78 is 13.0. The van der Waals surface area contributed by atoms with E-state index < -0.39 is 11.8 Å². The standard InChI is InChI=1S/C19H22FN5O2.ClH/c1-12-10-21-7-6-15(12)25-19(27)17-16(22-8-9-23-17)18(26)24-11-13-2-4-14(20)5-3-13;/h2-5,8-9,12,15,21H,6-7,10-11H2,1H3,(H,24,26)(H,25,27);1H. The van der Waals surface area contributed by atoms with Crippen molar-refractivity contribution in [2.24, 2.45) is 5.92 Å². The highest BCUT2D eigenvalue weighted by molar-refractivity contribution is 6.04. The Kier molecular flexibility index (Phi) is 7.83. The number of amides is 2. The molecule has 1 aromatic carbocycles. The van der Waals surface area contributed by atoms with E-state index in [4.69, 9.17) is 0 Å². The summed E-state index contributed by atoms with van der Waals surface area (Å²) >= 11 is 0. The fraction of sp³-hybridized carbons (Fsp3) is 0.368. The quantitative estimate of drug-likeness (QED) is 0.701. The largest absolute Gasteiger partial charge is 0.348 e. The van der Waals surface area contributed by atoms with Gasteiger partial charge in [-0.2, -0.15) is 0 Å². The average molecular weight is 408 g/mol. The molecule has 0 spiro atoms. The van der Waals surface area contributed by atoms with Crippen molar-refractivity contribution in [1.82, 2.24) is 25.9 Å². The number of carbonyl (C=O) groups is 2. The van der Waals surface area contributed by atoms with E-state index in [9.17, 15) is 14.0 Å². The van der Waals surface area contributed by atoms with Crippen molar-refractivity contribution in [3.8, 4) is 0 Å². The van der Waals surface area contributed by atoms with Crippen molar-refractivity contribution in [1.29, 1.82) is 0 Å². The normalized spacial score (nSPS) is 18.6. The smallest absolute Gasteiger partial charge is 0.272 e. The molecule has 7 nitrogen and oxygen atoms in total. The summed E-state index contributed by atoms with van der Waals surface area (Å²) in [5.41, 5.74) is 0.710. The van der Waals surface area contributed by atoms with E-state index in [1.807, 2.05) is 0 Å². The minimum Gasteiger partial charge on any atom is -0.348 e. The molecule has 3 N–H and O–H groups in total. The van der Waals surface area contributed by atoms with Gasteiger partial charge in [-0.15, -0.1) is 12.4 Å². The predicted octanol–water partition coefficient (Wildman–Crippen LogP) is 1.70. The Morgan fingerprint density at radius 2 is 1.79 bits per heavy atom. The highest BCUT2D eigenvalue weighted by Crippen LogP contribution is 2.12. The van der Waals surface area contributed by atoms with Crippen LogP contribution in [0.3, 0.4) is 0 Å². The Bertz CT molecular complexity index is 818. The first-order valence-electron chi connectivity index (χ1n) is 8.90.